The van der Waals surface area contributed by atoms with Crippen molar-refractivity contribution in [2.24, 2.45) is 0 Å². The summed E-state index contributed by atoms with van der Waals surface area (Å²) in [5, 5.41) is 4.56. The van der Waals surface area contributed by atoms with E-state index in [4.69, 9.17) is 0 Å². The van der Waals surface area contributed by atoms with Gasteiger partial charge in [-0.1, -0.05) is 48.0 Å². The zero-order valence-corrected chi connectivity index (χ0v) is 11.8. The molecule has 1 N–H and O–H groups in total. The first kappa shape index (κ1) is 12.8. The molecular weight excluding hydrogens is 244 g/mol. The van der Waals surface area contributed by atoms with Crippen LogP contribution in [0.15, 0.2) is 60.8 Å². The third kappa shape index (κ3) is 2.43. The van der Waals surface area contributed by atoms with Crippen molar-refractivity contribution in [1.29, 1.82) is 0 Å². The molecule has 2 nitrogen and oxygen atoms in total. The van der Waals surface area contributed by atoms with Gasteiger partial charge in [-0.2, -0.15) is 0 Å². The largest absolute Gasteiger partial charge is 0.309 e. The van der Waals surface area contributed by atoms with E-state index in [1.807, 2.05) is 31.4 Å². The Morgan fingerprint density at radius 1 is 0.950 bits per heavy atom. The van der Waals surface area contributed by atoms with Crippen LogP contribution in [0.2, 0.25) is 0 Å². The zero-order valence-electron chi connectivity index (χ0n) is 11.8. The predicted molar refractivity (Wildman–Crippen MR) is 83.8 cm³/mol. The quantitative estimate of drug-likeness (QED) is 0.775. The Bertz CT molecular complexity index is 717. The highest BCUT2D eigenvalue weighted by Gasteiger charge is 2.12. The van der Waals surface area contributed by atoms with E-state index in [0.717, 1.165) is 5.52 Å². The van der Waals surface area contributed by atoms with Crippen molar-refractivity contribution in [2.75, 3.05) is 7.05 Å². The smallest absolute Gasteiger partial charge is 0.0702 e. The van der Waals surface area contributed by atoms with Gasteiger partial charge in [-0.3, -0.25) is 4.98 Å². The van der Waals surface area contributed by atoms with Gasteiger partial charge < -0.3 is 5.32 Å². The molecule has 0 aliphatic heterocycles. The Kier molecular flexibility index (Phi) is 3.48. The topological polar surface area (TPSA) is 24.9 Å². The lowest BCUT2D eigenvalue weighted by Crippen LogP contribution is -2.17. The third-order valence-electron chi connectivity index (χ3n) is 3.64. The van der Waals surface area contributed by atoms with Gasteiger partial charge in [-0.25, -0.2) is 0 Å². The van der Waals surface area contributed by atoms with E-state index < -0.39 is 0 Å². The van der Waals surface area contributed by atoms with Crippen molar-refractivity contribution in [2.45, 2.75) is 13.0 Å². The molecule has 0 spiro atoms. The lowest BCUT2D eigenvalue weighted by Gasteiger charge is -2.17. The standard InChI is InChI=1S/C18H18N2/c1-13-7-9-14(10-8-13)18(19-2)16-11-15-5-3-4-6-17(15)20-12-16/h3-12,18-19H,1-2H3. The Hall–Kier alpha value is -2.19. The van der Waals surface area contributed by atoms with E-state index in [0.29, 0.717) is 0 Å². The van der Waals surface area contributed by atoms with Crippen LogP contribution >= 0.6 is 0 Å². The summed E-state index contributed by atoms with van der Waals surface area (Å²) in [5.74, 6) is 0. The highest BCUT2D eigenvalue weighted by Crippen LogP contribution is 2.24. The predicted octanol–water partition coefficient (Wildman–Crippen LogP) is 3.85. The molecule has 1 unspecified atom stereocenters. The third-order valence-corrected chi connectivity index (χ3v) is 3.64. The maximum Gasteiger partial charge on any atom is 0.0702 e. The fraction of sp³-hybridized carbons (Fsp3) is 0.167. The first-order chi connectivity index (χ1) is 9.78. The highest BCUT2D eigenvalue weighted by molar-refractivity contribution is 5.78. The molecule has 3 rings (SSSR count). The van der Waals surface area contributed by atoms with E-state index >= 15 is 0 Å². The van der Waals surface area contributed by atoms with Gasteiger partial charge >= 0.3 is 0 Å². The summed E-state index contributed by atoms with van der Waals surface area (Å²) < 4.78 is 0. The molecule has 2 aromatic carbocycles. The number of fused-ring (bicyclic) bond motifs is 1. The van der Waals surface area contributed by atoms with Gasteiger partial charge in [0, 0.05) is 11.6 Å². The zero-order chi connectivity index (χ0) is 13.9. The molecule has 2 heteroatoms. The lowest BCUT2D eigenvalue weighted by atomic mass is 9.98. The Morgan fingerprint density at radius 2 is 1.70 bits per heavy atom. The fourth-order valence-corrected chi connectivity index (χ4v) is 2.53. The Morgan fingerprint density at radius 3 is 2.45 bits per heavy atom. The molecule has 3 aromatic rings. The SMILES string of the molecule is CNC(c1ccc(C)cc1)c1cnc2ccccc2c1. The Balaban J connectivity index is 2.04. The average Bonchev–Trinajstić information content (AvgIpc) is 2.50. The van der Waals surface area contributed by atoms with Crippen molar-refractivity contribution in [3.8, 4) is 0 Å². The minimum atomic E-state index is 0.174. The van der Waals surface area contributed by atoms with Gasteiger partial charge in [0.2, 0.25) is 0 Å². The molecule has 0 saturated carbocycles. The number of nitrogens with one attached hydrogen (secondary N) is 1. The van der Waals surface area contributed by atoms with Gasteiger partial charge in [0.1, 0.15) is 0 Å². The summed E-state index contributed by atoms with van der Waals surface area (Å²) in [4.78, 5) is 4.55. The lowest BCUT2D eigenvalue weighted by molar-refractivity contribution is 0.690. The first-order valence-corrected chi connectivity index (χ1v) is 6.86. The number of hydrogen-bond acceptors (Lipinski definition) is 2. The van der Waals surface area contributed by atoms with Crippen LogP contribution in [0.25, 0.3) is 10.9 Å². The molecule has 20 heavy (non-hydrogen) atoms. The van der Waals surface area contributed by atoms with E-state index in [1.165, 1.54) is 22.1 Å². The number of nitrogens with zero attached hydrogens (tertiary/aromatic N) is 1. The molecule has 0 bridgehead atoms. The van der Waals surface area contributed by atoms with Crippen molar-refractivity contribution in [1.82, 2.24) is 10.3 Å². The number of aromatic nitrogens is 1. The summed E-state index contributed by atoms with van der Waals surface area (Å²) in [6.07, 6.45) is 1.96. The van der Waals surface area contributed by atoms with Gasteiger partial charge in [0.05, 0.1) is 11.6 Å². The van der Waals surface area contributed by atoms with E-state index in [1.54, 1.807) is 0 Å². The second-order valence-electron chi connectivity index (χ2n) is 5.09. The maximum atomic E-state index is 4.55. The number of hydrogen-bond donors (Lipinski definition) is 1. The van der Waals surface area contributed by atoms with Crippen LogP contribution in [-0.2, 0) is 0 Å². The molecule has 0 radical (unpaired) electrons. The van der Waals surface area contributed by atoms with Crippen molar-refractivity contribution >= 4 is 10.9 Å². The van der Waals surface area contributed by atoms with Crippen LogP contribution in [-0.4, -0.2) is 12.0 Å². The van der Waals surface area contributed by atoms with Gasteiger partial charge in [-0.05, 0) is 37.2 Å². The molecule has 1 aromatic heterocycles. The van der Waals surface area contributed by atoms with Crippen molar-refractivity contribution in [3.63, 3.8) is 0 Å². The number of para-hydroxylation sites is 1. The van der Waals surface area contributed by atoms with Crippen LogP contribution in [0.4, 0.5) is 0 Å². The fourth-order valence-electron chi connectivity index (χ4n) is 2.53. The van der Waals surface area contributed by atoms with Crippen LogP contribution in [0.3, 0.4) is 0 Å². The molecule has 0 saturated heterocycles. The average molecular weight is 262 g/mol. The first-order valence-electron chi connectivity index (χ1n) is 6.86. The second-order valence-corrected chi connectivity index (χ2v) is 5.09. The number of benzene rings is 2. The summed E-state index contributed by atoms with van der Waals surface area (Å²) in [6, 6.07) is 19.2. The number of pyridine rings is 1. The summed E-state index contributed by atoms with van der Waals surface area (Å²) >= 11 is 0. The summed E-state index contributed by atoms with van der Waals surface area (Å²) in [6.45, 7) is 2.11. The van der Waals surface area contributed by atoms with Crippen LogP contribution in [0, 0.1) is 6.92 Å². The van der Waals surface area contributed by atoms with Crippen LogP contribution in [0.1, 0.15) is 22.7 Å². The molecule has 0 amide bonds. The summed E-state index contributed by atoms with van der Waals surface area (Å²) in [5.41, 5.74) is 4.76. The molecule has 0 aliphatic carbocycles. The monoisotopic (exact) mass is 262 g/mol. The molecule has 0 aliphatic rings. The minimum Gasteiger partial charge on any atom is -0.309 e. The molecule has 0 fully saturated rings. The van der Waals surface area contributed by atoms with Crippen LogP contribution in [0.5, 0.6) is 0 Å². The van der Waals surface area contributed by atoms with Gasteiger partial charge in [0.25, 0.3) is 0 Å². The molecule has 1 atom stereocenters. The van der Waals surface area contributed by atoms with E-state index in [9.17, 15) is 0 Å². The highest BCUT2D eigenvalue weighted by atomic mass is 14.9. The van der Waals surface area contributed by atoms with E-state index in [-0.39, 0.29) is 6.04 Å². The van der Waals surface area contributed by atoms with Gasteiger partial charge in [-0.15, -0.1) is 0 Å². The Labute approximate surface area is 119 Å². The van der Waals surface area contributed by atoms with Crippen molar-refractivity contribution < 1.29 is 0 Å². The normalized spacial score (nSPS) is 12.5. The molecule has 1 heterocycles. The number of aryl methyl sites for hydroxylation is 1. The molecular formula is C18H18N2. The van der Waals surface area contributed by atoms with Crippen LogP contribution < -0.4 is 5.32 Å². The van der Waals surface area contributed by atoms with Gasteiger partial charge in [0.15, 0.2) is 0 Å². The van der Waals surface area contributed by atoms with E-state index in [2.05, 4.69) is 53.6 Å². The number of rotatable bonds is 3. The van der Waals surface area contributed by atoms with Crippen molar-refractivity contribution in [3.05, 3.63) is 77.5 Å². The maximum absolute atomic E-state index is 4.55. The minimum absolute atomic E-state index is 0.174. The molecule has 100 valence electrons. The second kappa shape index (κ2) is 5.43. The summed E-state index contributed by atoms with van der Waals surface area (Å²) in [7, 11) is 1.99.